The Labute approximate surface area is 155 Å². The molecule has 130 valence electrons. The molecule has 3 aromatic rings. The molecule has 0 aliphatic carbocycles. The highest BCUT2D eigenvalue weighted by atomic mass is 35.5. The molecule has 0 radical (unpaired) electrons. The van der Waals surface area contributed by atoms with Crippen molar-refractivity contribution in [1.82, 2.24) is 15.2 Å². The normalized spacial score (nSPS) is 14.3. The number of halogens is 1. The smallest absolute Gasteiger partial charge is 0.255 e. The van der Waals surface area contributed by atoms with Gasteiger partial charge in [0.15, 0.2) is 0 Å². The zero-order valence-corrected chi connectivity index (χ0v) is 14.7. The fourth-order valence-corrected chi connectivity index (χ4v) is 3.37. The Morgan fingerprint density at radius 1 is 1.12 bits per heavy atom. The predicted octanol–water partition coefficient (Wildman–Crippen LogP) is 3.13. The van der Waals surface area contributed by atoms with Crippen molar-refractivity contribution < 1.29 is 9.59 Å². The summed E-state index contributed by atoms with van der Waals surface area (Å²) in [5.41, 5.74) is 2.65. The number of para-hydroxylation sites is 1. The maximum absolute atomic E-state index is 13.1. The van der Waals surface area contributed by atoms with Gasteiger partial charge in [0.05, 0.1) is 23.3 Å². The van der Waals surface area contributed by atoms with Crippen LogP contribution in [0.25, 0.3) is 22.2 Å². The van der Waals surface area contributed by atoms with Gasteiger partial charge in [-0.25, -0.2) is 4.98 Å². The van der Waals surface area contributed by atoms with Gasteiger partial charge in [0, 0.05) is 29.1 Å². The molecule has 1 N–H and O–H groups in total. The number of hydrogen-bond acceptors (Lipinski definition) is 3. The van der Waals surface area contributed by atoms with Crippen molar-refractivity contribution in [3.05, 3.63) is 65.2 Å². The number of carbonyl (C=O) groups excluding carboxylic acids is 2. The van der Waals surface area contributed by atoms with Gasteiger partial charge in [-0.05, 0) is 18.2 Å². The molecule has 0 saturated carbocycles. The van der Waals surface area contributed by atoms with E-state index in [0.717, 1.165) is 16.5 Å². The number of rotatable bonds is 2. The van der Waals surface area contributed by atoms with Gasteiger partial charge in [0.1, 0.15) is 0 Å². The Morgan fingerprint density at radius 2 is 1.88 bits per heavy atom. The van der Waals surface area contributed by atoms with Crippen molar-refractivity contribution in [2.24, 2.45) is 0 Å². The fourth-order valence-electron chi connectivity index (χ4n) is 3.14. The van der Waals surface area contributed by atoms with Crippen molar-refractivity contribution in [3.63, 3.8) is 0 Å². The third-order valence-corrected chi connectivity index (χ3v) is 4.75. The molecule has 2 heterocycles. The van der Waals surface area contributed by atoms with Crippen LogP contribution in [-0.4, -0.2) is 41.3 Å². The minimum atomic E-state index is -0.174. The number of aromatic nitrogens is 1. The second-order valence-electron chi connectivity index (χ2n) is 6.13. The van der Waals surface area contributed by atoms with Crippen LogP contribution < -0.4 is 5.32 Å². The molecule has 0 spiro atoms. The number of piperazine rings is 1. The molecule has 26 heavy (non-hydrogen) atoms. The minimum absolute atomic E-state index is 0.0664. The van der Waals surface area contributed by atoms with Crippen LogP contribution >= 0.6 is 11.6 Å². The average molecular weight is 366 g/mol. The molecule has 2 amide bonds. The molecule has 1 fully saturated rings. The molecule has 6 heteroatoms. The van der Waals surface area contributed by atoms with Crippen molar-refractivity contribution in [3.8, 4) is 11.3 Å². The van der Waals surface area contributed by atoms with Crippen LogP contribution in [0.5, 0.6) is 0 Å². The molecule has 2 aromatic carbocycles. The van der Waals surface area contributed by atoms with E-state index in [1.54, 1.807) is 17.0 Å². The van der Waals surface area contributed by atoms with Gasteiger partial charge < -0.3 is 10.2 Å². The summed E-state index contributed by atoms with van der Waals surface area (Å²) in [6.45, 7) is 1.02. The standard InChI is InChI=1S/C20H16ClN3O2/c21-16-7-3-1-6-14(16)18-11-15(13-5-2-4-8-17(13)23-18)20(26)24-10-9-22-19(25)12-24/h1-8,11H,9-10,12H2,(H,22,25). The van der Waals surface area contributed by atoms with E-state index in [1.807, 2.05) is 42.5 Å². The van der Waals surface area contributed by atoms with Crippen molar-refractivity contribution in [1.29, 1.82) is 0 Å². The molecule has 4 rings (SSSR count). The van der Waals surface area contributed by atoms with Gasteiger partial charge in [0.2, 0.25) is 5.91 Å². The van der Waals surface area contributed by atoms with E-state index < -0.39 is 0 Å². The van der Waals surface area contributed by atoms with E-state index in [2.05, 4.69) is 10.3 Å². The molecule has 1 aliphatic heterocycles. The van der Waals surface area contributed by atoms with Gasteiger partial charge in [-0.2, -0.15) is 0 Å². The summed E-state index contributed by atoms with van der Waals surface area (Å²) in [6, 6.07) is 16.7. The van der Waals surface area contributed by atoms with Gasteiger partial charge in [0.25, 0.3) is 5.91 Å². The van der Waals surface area contributed by atoms with Crippen LogP contribution in [0.15, 0.2) is 54.6 Å². The lowest BCUT2D eigenvalue weighted by atomic mass is 10.0. The predicted molar refractivity (Wildman–Crippen MR) is 101 cm³/mol. The van der Waals surface area contributed by atoms with Gasteiger partial charge >= 0.3 is 0 Å². The highest BCUT2D eigenvalue weighted by molar-refractivity contribution is 6.33. The second-order valence-corrected chi connectivity index (χ2v) is 6.54. The number of nitrogens with one attached hydrogen (secondary N) is 1. The maximum atomic E-state index is 13.1. The quantitative estimate of drug-likeness (QED) is 0.759. The van der Waals surface area contributed by atoms with Crippen molar-refractivity contribution in [2.75, 3.05) is 19.6 Å². The molecule has 1 aliphatic rings. The summed E-state index contributed by atoms with van der Waals surface area (Å²) in [5, 5.41) is 4.08. The second kappa shape index (κ2) is 6.77. The van der Waals surface area contributed by atoms with Crippen LogP contribution in [-0.2, 0) is 4.79 Å². The van der Waals surface area contributed by atoms with Crippen LogP contribution in [0.1, 0.15) is 10.4 Å². The van der Waals surface area contributed by atoms with E-state index in [1.165, 1.54) is 0 Å². The van der Waals surface area contributed by atoms with Crippen LogP contribution in [0.2, 0.25) is 5.02 Å². The first-order valence-electron chi connectivity index (χ1n) is 8.34. The molecular formula is C20H16ClN3O2. The summed E-state index contributed by atoms with van der Waals surface area (Å²) in [7, 11) is 0. The van der Waals surface area contributed by atoms with Crippen molar-refractivity contribution >= 4 is 34.3 Å². The Balaban J connectivity index is 1.86. The van der Waals surface area contributed by atoms with Gasteiger partial charge in [-0.15, -0.1) is 0 Å². The first-order valence-corrected chi connectivity index (χ1v) is 8.72. The average Bonchev–Trinajstić information content (AvgIpc) is 2.67. The number of hydrogen-bond donors (Lipinski definition) is 1. The highest BCUT2D eigenvalue weighted by Gasteiger charge is 2.24. The number of nitrogens with zero attached hydrogens (tertiary/aromatic N) is 2. The molecule has 1 aromatic heterocycles. The zero-order chi connectivity index (χ0) is 18.1. The summed E-state index contributed by atoms with van der Waals surface area (Å²) in [4.78, 5) is 31.0. The molecular weight excluding hydrogens is 350 g/mol. The largest absolute Gasteiger partial charge is 0.353 e. The number of pyridine rings is 1. The Morgan fingerprint density at radius 3 is 2.69 bits per heavy atom. The van der Waals surface area contributed by atoms with Gasteiger partial charge in [-0.1, -0.05) is 48.0 Å². The lowest BCUT2D eigenvalue weighted by Crippen LogP contribution is -2.50. The summed E-state index contributed by atoms with van der Waals surface area (Å²) in [5.74, 6) is -0.318. The topological polar surface area (TPSA) is 62.3 Å². The third kappa shape index (κ3) is 3.02. The minimum Gasteiger partial charge on any atom is -0.353 e. The lowest BCUT2D eigenvalue weighted by molar-refractivity contribution is -0.123. The van der Waals surface area contributed by atoms with E-state index in [0.29, 0.717) is 29.4 Å². The SMILES string of the molecule is O=C1CN(C(=O)c2cc(-c3ccccc3Cl)nc3ccccc23)CCN1. The number of amides is 2. The Bertz CT molecular complexity index is 1020. The summed E-state index contributed by atoms with van der Waals surface area (Å²) >= 11 is 6.32. The Kier molecular flexibility index (Phi) is 4.31. The first kappa shape index (κ1) is 16.5. The zero-order valence-electron chi connectivity index (χ0n) is 13.9. The number of benzene rings is 2. The Hall–Kier alpha value is -2.92. The lowest BCUT2D eigenvalue weighted by Gasteiger charge is -2.27. The summed E-state index contributed by atoms with van der Waals surface area (Å²) < 4.78 is 0. The molecule has 5 nitrogen and oxygen atoms in total. The van der Waals surface area contributed by atoms with E-state index in [9.17, 15) is 9.59 Å². The van der Waals surface area contributed by atoms with E-state index in [-0.39, 0.29) is 18.4 Å². The number of fused-ring (bicyclic) bond motifs is 1. The monoisotopic (exact) mass is 365 g/mol. The molecule has 0 bridgehead atoms. The molecule has 0 unspecified atom stereocenters. The van der Waals surface area contributed by atoms with Crippen LogP contribution in [0.4, 0.5) is 0 Å². The molecule has 0 atom stereocenters. The highest BCUT2D eigenvalue weighted by Crippen LogP contribution is 2.30. The van der Waals surface area contributed by atoms with E-state index in [4.69, 9.17) is 11.6 Å². The maximum Gasteiger partial charge on any atom is 0.255 e. The van der Waals surface area contributed by atoms with Crippen LogP contribution in [0, 0.1) is 0 Å². The van der Waals surface area contributed by atoms with E-state index >= 15 is 0 Å². The van der Waals surface area contributed by atoms with Gasteiger partial charge in [-0.3, -0.25) is 9.59 Å². The first-order chi connectivity index (χ1) is 12.6. The summed E-state index contributed by atoms with van der Waals surface area (Å²) in [6.07, 6.45) is 0. The third-order valence-electron chi connectivity index (χ3n) is 4.42. The van der Waals surface area contributed by atoms with Crippen LogP contribution in [0.3, 0.4) is 0 Å². The van der Waals surface area contributed by atoms with Crippen molar-refractivity contribution in [2.45, 2.75) is 0 Å². The number of carbonyl (C=O) groups is 2. The molecule has 1 saturated heterocycles. The fraction of sp³-hybridized carbons (Fsp3) is 0.150.